The van der Waals surface area contributed by atoms with Gasteiger partial charge in [0, 0.05) is 22.5 Å². The minimum absolute atomic E-state index is 0.524. The number of halogens is 1. The van der Waals surface area contributed by atoms with E-state index in [1.54, 1.807) is 17.8 Å². The molecular formula is C13H14ClN3S. The Balaban J connectivity index is 1.94. The number of thioether (sulfide) groups is 1. The molecule has 0 amide bonds. The van der Waals surface area contributed by atoms with E-state index in [1.807, 2.05) is 31.2 Å². The molecule has 0 aliphatic heterocycles. The fraction of sp³-hybridized carbons (Fsp3) is 0.231. The fourth-order valence-corrected chi connectivity index (χ4v) is 2.76. The molecule has 0 aliphatic rings. The molecule has 0 saturated heterocycles. The molecule has 0 atom stereocenters. The molecule has 0 fully saturated rings. The second-order valence-corrected chi connectivity index (χ2v) is 5.33. The molecule has 0 saturated carbocycles. The first kappa shape index (κ1) is 13.2. The average Bonchev–Trinajstić information content (AvgIpc) is 2.30. The van der Waals surface area contributed by atoms with Crippen LogP contribution in [0.3, 0.4) is 0 Å². The Bertz CT molecular complexity index is 525. The summed E-state index contributed by atoms with van der Waals surface area (Å²) in [5, 5.41) is 0.801. The number of anilines is 1. The molecule has 5 heteroatoms. The number of rotatable bonds is 4. The Morgan fingerprint density at radius 2 is 2.00 bits per heavy atom. The van der Waals surface area contributed by atoms with Gasteiger partial charge in [-0.2, -0.15) is 0 Å². The lowest BCUT2D eigenvalue weighted by Crippen LogP contribution is -2.00. The van der Waals surface area contributed by atoms with Crippen LogP contribution in [0.1, 0.15) is 17.1 Å². The van der Waals surface area contributed by atoms with Crippen molar-refractivity contribution in [3.8, 4) is 0 Å². The van der Waals surface area contributed by atoms with Gasteiger partial charge in [0.2, 0.25) is 0 Å². The first-order valence-corrected chi connectivity index (χ1v) is 7.09. The molecule has 1 aromatic heterocycles. The van der Waals surface area contributed by atoms with Crippen molar-refractivity contribution in [3.05, 3.63) is 52.4 Å². The van der Waals surface area contributed by atoms with Crippen LogP contribution in [-0.2, 0) is 11.5 Å². The Kier molecular flexibility index (Phi) is 4.44. The molecule has 94 valence electrons. The van der Waals surface area contributed by atoms with E-state index in [2.05, 4.69) is 9.97 Å². The summed E-state index contributed by atoms with van der Waals surface area (Å²) in [4.78, 5) is 8.54. The summed E-state index contributed by atoms with van der Waals surface area (Å²) in [7, 11) is 0. The SMILES string of the molecule is Cc1cc(N)nc(CSCc2ccccc2Cl)n1. The number of nitrogen functional groups attached to an aromatic ring is 1. The second kappa shape index (κ2) is 6.07. The minimum atomic E-state index is 0.524. The Hall–Kier alpha value is -1.26. The van der Waals surface area contributed by atoms with Crippen LogP contribution in [-0.4, -0.2) is 9.97 Å². The summed E-state index contributed by atoms with van der Waals surface area (Å²) in [5.74, 6) is 2.87. The molecule has 1 aromatic carbocycles. The lowest BCUT2D eigenvalue weighted by Gasteiger charge is -2.05. The highest BCUT2D eigenvalue weighted by molar-refractivity contribution is 7.97. The zero-order chi connectivity index (χ0) is 13.0. The van der Waals surface area contributed by atoms with Gasteiger partial charge in [0.25, 0.3) is 0 Å². The van der Waals surface area contributed by atoms with Gasteiger partial charge < -0.3 is 5.73 Å². The van der Waals surface area contributed by atoms with E-state index in [1.165, 1.54) is 0 Å². The number of nitrogens with two attached hydrogens (primary N) is 1. The molecule has 3 nitrogen and oxygen atoms in total. The van der Waals surface area contributed by atoms with Crippen LogP contribution in [0.5, 0.6) is 0 Å². The number of hydrogen-bond acceptors (Lipinski definition) is 4. The Labute approximate surface area is 116 Å². The minimum Gasteiger partial charge on any atom is -0.384 e. The lowest BCUT2D eigenvalue weighted by atomic mass is 10.2. The summed E-state index contributed by atoms with van der Waals surface area (Å²) in [6.07, 6.45) is 0. The predicted molar refractivity (Wildman–Crippen MR) is 77.6 cm³/mol. The van der Waals surface area contributed by atoms with Crippen LogP contribution in [0.15, 0.2) is 30.3 Å². The molecule has 0 radical (unpaired) electrons. The maximum atomic E-state index is 6.09. The normalized spacial score (nSPS) is 10.6. The van der Waals surface area contributed by atoms with Gasteiger partial charge in [-0.3, -0.25) is 0 Å². The summed E-state index contributed by atoms with van der Waals surface area (Å²) in [5.41, 5.74) is 7.71. The van der Waals surface area contributed by atoms with E-state index in [9.17, 15) is 0 Å². The molecule has 18 heavy (non-hydrogen) atoms. The maximum Gasteiger partial charge on any atom is 0.140 e. The van der Waals surface area contributed by atoms with Crippen LogP contribution in [0.2, 0.25) is 5.02 Å². The van der Waals surface area contributed by atoms with E-state index in [0.717, 1.165) is 33.6 Å². The van der Waals surface area contributed by atoms with Crippen molar-refractivity contribution in [2.75, 3.05) is 5.73 Å². The summed E-state index contributed by atoms with van der Waals surface area (Å²) in [6.45, 7) is 1.92. The predicted octanol–water partition coefficient (Wildman–Crippen LogP) is 3.45. The summed E-state index contributed by atoms with van der Waals surface area (Å²) >= 11 is 7.82. The Morgan fingerprint density at radius 1 is 1.22 bits per heavy atom. The largest absolute Gasteiger partial charge is 0.384 e. The molecule has 0 unspecified atom stereocenters. The van der Waals surface area contributed by atoms with Crippen LogP contribution in [0.4, 0.5) is 5.82 Å². The number of aromatic nitrogens is 2. The van der Waals surface area contributed by atoms with Crippen molar-refractivity contribution in [3.63, 3.8) is 0 Å². The zero-order valence-electron chi connectivity index (χ0n) is 10.1. The monoisotopic (exact) mass is 279 g/mol. The zero-order valence-corrected chi connectivity index (χ0v) is 11.6. The van der Waals surface area contributed by atoms with Crippen molar-refractivity contribution >= 4 is 29.2 Å². The van der Waals surface area contributed by atoms with E-state index in [-0.39, 0.29) is 0 Å². The van der Waals surface area contributed by atoms with Crippen LogP contribution in [0, 0.1) is 6.92 Å². The fourth-order valence-electron chi connectivity index (χ4n) is 1.59. The molecule has 2 rings (SSSR count). The summed E-state index contributed by atoms with van der Waals surface area (Å²) < 4.78 is 0. The van der Waals surface area contributed by atoms with Crippen LogP contribution >= 0.6 is 23.4 Å². The first-order chi connectivity index (χ1) is 8.65. The maximum absolute atomic E-state index is 6.09. The molecule has 0 spiro atoms. The lowest BCUT2D eigenvalue weighted by molar-refractivity contribution is 1.00. The molecule has 0 bridgehead atoms. The average molecular weight is 280 g/mol. The van der Waals surface area contributed by atoms with E-state index < -0.39 is 0 Å². The van der Waals surface area contributed by atoms with Gasteiger partial charge in [-0.25, -0.2) is 9.97 Å². The molecule has 2 N–H and O–H groups in total. The van der Waals surface area contributed by atoms with Crippen molar-refractivity contribution in [2.45, 2.75) is 18.4 Å². The van der Waals surface area contributed by atoms with Crippen LogP contribution < -0.4 is 5.73 Å². The molecular weight excluding hydrogens is 266 g/mol. The number of hydrogen-bond donors (Lipinski definition) is 1. The Morgan fingerprint density at radius 3 is 2.72 bits per heavy atom. The van der Waals surface area contributed by atoms with E-state index in [0.29, 0.717) is 5.82 Å². The smallest absolute Gasteiger partial charge is 0.140 e. The highest BCUT2D eigenvalue weighted by atomic mass is 35.5. The van der Waals surface area contributed by atoms with Crippen molar-refractivity contribution in [1.82, 2.24) is 9.97 Å². The van der Waals surface area contributed by atoms with E-state index in [4.69, 9.17) is 17.3 Å². The number of aryl methyl sites for hydroxylation is 1. The molecule has 1 heterocycles. The molecule has 0 aliphatic carbocycles. The number of nitrogens with zero attached hydrogens (tertiary/aromatic N) is 2. The highest BCUT2D eigenvalue weighted by Gasteiger charge is 2.03. The van der Waals surface area contributed by atoms with Crippen LogP contribution in [0.25, 0.3) is 0 Å². The van der Waals surface area contributed by atoms with Gasteiger partial charge in [0.1, 0.15) is 11.6 Å². The first-order valence-electron chi connectivity index (χ1n) is 5.56. The van der Waals surface area contributed by atoms with Gasteiger partial charge in [0.05, 0.1) is 5.75 Å². The third-order valence-electron chi connectivity index (χ3n) is 2.37. The third-order valence-corrected chi connectivity index (χ3v) is 3.71. The van der Waals surface area contributed by atoms with Gasteiger partial charge in [-0.15, -0.1) is 11.8 Å². The van der Waals surface area contributed by atoms with E-state index >= 15 is 0 Å². The summed E-state index contributed by atoms with van der Waals surface area (Å²) in [6, 6.07) is 9.62. The quantitative estimate of drug-likeness (QED) is 0.931. The van der Waals surface area contributed by atoms with Crippen molar-refractivity contribution in [1.29, 1.82) is 0 Å². The van der Waals surface area contributed by atoms with Gasteiger partial charge >= 0.3 is 0 Å². The third kappa shape index (κ3) is 3.62. The topological polar surface area (TPSA) is 51.8 Å². The van der Waals surface area contributed by atoms with Crippen molar-refractivity contribution < 1.29 is 0 Å². The molecule has 2 aromatic rings. The van der Waals surface area contributed by atoms with Crippen molar-refractivity contribution in [2.24, 2.45) is 0 Å². The standard InChI is InChI=1S/C13H14ClN3S/c1-9-6-12(15)17-13(16-9)8-18-7-10-4-2-3-5-11(10)14/h2-6H,7-8H2,1H3,(H2,15,16,17). The van der Waals surface area contributed by atoms with Gasteiger partial charge in [0.15, 0.2) is 0 Å². The van der Waals surface area contributed by atoms with Gasteiger partial charge in [-0.05, 0) is 18.6 Å². The highest BCUT2D eigenvalue weighted by Crippen LogP contribution is 2.22. The second-order valence-electron chi connectivity index (χ2n) is 3.93. The van der Waals surface area contributed by atoms with Gasteiger partial charge in [-0.1, -0.05) is 29.8 Å². The number of benzene rings is 1.